The number of rotatable bonds is 4. The molecule has 1 aromatic rings. The van der Waals surface area contributed by atoms with E-state index in [1.54, 1.807) is 12.0 Å². The van der Waals surface area contributed by atoms with Crippen molar-refractivity contribution in [2.24, 2.45) is 5.92 Å². The fraction of sp³-hybridized carbons (Fsp3) is 0.579. The number of nitrogens with zero attached hydrogens (tertiary/aromatic N) is 1. The normalized spacial score (nSPS) is 30.0. The number of benzene rings is 1. The second kappa shape index (κ2) is 7.84. The van der Waals surface area contributed by atoms with Crippen molar-refractivity contribution >= 4 is 29.9 Å². The SMILES string of the molecule is COc1ccc(N2CC(C(=O)NC3CC4CCC(C3)N4)CC2=O)cc1.Cl. The number of hydrogen-bond donors (Lipinski definition) is 2. The fourth-order valence-corrected chi connectivity index (χ4v) is 4.39. The van der Waals surface area contributed by atoms with Gasteiger partial charge in [-0.3, -0.25) is 9.59 Å². The Labute approximate surface area is 160 Å². The summed E-state index contributed by atoms with van der Waals surface area (Å²) in [6, 6.07) is 8.73. The van der Waals surface area contributed by atoms with E-state index in [1.165, 1.54) is 12.8 Å². The molecule has 142 valence electrons. The highest BCUT2D eigenvalue weighted by molar-refractivity contribution is 6.00. The Morgan fingerprint density at radius 1 is 1.19 bits per heavy atom. The summed E-state index contributed by atoms with van der Waals surface area (Å²) in [4.78, 5) is 26.7. The van der Waals surface area contributed by atoms with Gasteiger partial charge in [0.15, 0.2) is 0 Å². The van der Waals surface area contributed by atoms with Crippen LogP contribution in [0.25, 0.3) is 0 Å². The van der Waals surface area contributed by atoms with Crippen LogP contribution in [0, 0.1) is 5.92 Å². The van der Waals surface area contributed by atoms with Crippen LogP contribution >= 0.6 is 12.4 Å². The molecule has 2 bridgehead atoms. The minimum atomic E-state index is -0.262. The number of methoxy groups -OCH3 is 1. The first-order valence-electron chi connectivity index (χ1n) is 9.13. The number of hydrogen-bond acceptors (Lipinski definition) is 4. The lowest BCUT2D eigenvalue weighted by Gasteiger charge is -2.30. The number of anilines is 1. The summed E-state index contributed by atoms with van der Waals surface area (Å²) in [7, 11) is 1.61. The quantitative estimate of drug-likeness (QED) is 0.837. The third-order valence-electron chi connectivity index (χ3n) is 5.70. The molecule has 3 aliphatic heterocycles. The number of fused-ring (bicyclic) bond motifs is 2. The maximum atomic E-state index is 12.6. The Morgan fingerprint density at radius 3 is 2.46 bits per heavy atom. The maximum Gasteiger partial charge on any atom is 0.227 e. The smallest absolute Gasteiger partial charge is 0.227 e. The minimum absolute atomic E-state index is 0. The van der Waals surface area contributed by atoms with Crippen LogP contribution in [0.4, 0.5) is 5.69 Å². The van der Waals surface area contributed by atoms with E-state index in [4.69, 9.17) is 4.74 Å². The summed E-state index contributed by atoms with van der Waals surface area (Å²) >= 11 is 0. The predicted octanol–water partition coefficient (Wildman–Crippen LogP) is 1.87. The first-order chi connectivity index (χ1) is 12.1. The van der Waals surface area contributed by atoms with Gasteiger partial charge in [0.25, 0.3) is 0 Å². The molecular formula is C19H26ClN3O3. The second-order valence-corrected chi connectivity index (χ2v) is 7.42. The molecule has 0 saturated carbocycles. The van der Waals surface area contributed by atoms with Crippen molar-refractivity contribution in [3.05, 3.63) is 24.3 Å². The molecule has 1 aromatic carbocycles. The molecule has 0 aromatic heterocycles. The monoisotopic (exact) mass is 379 g/mol. The van der Waals surface area contributed by atoms with E-state index in [0.29, 0.717) is 18.6 Å². The standard InChI is InChI=1S/C19H25N3O3.ClH/c1-25-17-6-4-16(5-7-17)22-11-12(8-18(22)23)19(24)21-15-9-13-2-3-14(10-15)20-13;/h4-7,12-15,20H,2-3,8-11H2,1H3,(H,21,24);1H. The molecule has 0 radical (unpaired) electrons. The lowest BCUT2D eigenvalue weighted by Crippen LogP contribution is -2.49. The largest absolute Gasteiger partial charge is 0.497 e. The van der Waals surface area contributed by atoms with E-state index in [9.17, 15) is 9.59 Å². The van der Waals surface area contributed by atoms with Gasteiger partial charge in [0.2, 0.25) is 11.8 Å². The lowest BCUT2D eigenvalue weighted by atomic mass is 9.98. The van der Waals surface area contributed by atoms with Gasteiger partial charge >= 0.3 is 0 Å². The molecule has 0 aliphatic carbocycles. The third-order valence-corrected chi connectivity index (χ3v) is 5.70. The lowest BCUT2D eigenvalue weighted by molar-refractivity contribution is -0.127. The van der Waals surface area contributed by atoms with Gasteiger partial charge in [-0.05, 0) is 49.9 Å². The highest BCUT2D eigenvalue weighted by atomic mass is 35.5. The van der Waals surface area contributed by atoms with Crippen molar-refractivity contribution in [2.75, 3.05) is 18.6 Å². The number of carbonyl (C=O) groups excluding carboxylic acids is 2. The van der Waals surface area contributed by atoms with E-state index < -0.39 is 0 Å². The van der Waals surface area contributed by atoms with E-state index in [-0.39, 0.29) is 42.6 Å². The summed E-state index contributed by atoms with van der Waals surface area (Å²) in [5.41, 5.74) is 0.820. The van der Waals surface area contributed by atoms with Crippen LogP contribution in [0.5, 0.6) is 5.75 Å². The molecule has 3 unspecified atom stereocenters. The van der Waals surface area contributed by atoms with Gasteiger partial charge in [-0.2, -0.15) is 0 Å². The topological polar surface area (TPSA) is 70.7 Å². The van der Waals surface area contributed by atoms with Crippen molar-refractivity contribution in [2.45, 2.75) is 50.2 Å². The number of carbonyl (C=O) groups is 2. The van der Waals surface area contributed by atoms with E-state index in [0.717, 1.165) is 24.3 Å². The van der Waals surface area contributed by atoms with Crippen molar-refractivity contribution in [3.8, 4) is 5.75 Å². The zero-order valence-corrected chi connectivity index (χ0v) is 15.8. The second-order valence-electron chi connectivity index (χ2n) is 7.42. The first kappa shape index (κ1) is 19.0. The molecule has 7 heteroatoms. The molecule has 3 fully saturated rings. The highest BCUT2D eigenvalue weighted by Gasteiger charge is 2.38. The van der Waals surface area contributed by atoms with E-state index in [1.807, 2.05) is 24.3 Å². The summed E-state index contributed by atoms with van der Waals surface area (Å²) in [5, 5.41) is 6.78. The summed E-state index contributed by atoms with van der Waals surface area (Å²) < 4.78 is 5.15. The Kier molecular flexibility index (Phi) is 5.73. The average molecular weight is 380 g/mol. The summed E-state index contributed by atoms with van der Waals surface area (Å²) in [6.07, 6.45) is 4.72. The minimum Gasteiger partial charge on any atom is -0.497 e. The Balaban J connectivity index is 0.00000196. The number of piperidine rings is 1. The molecule has 6 nitrogen and oxygen atoms in total. The summed E-state index contributed by atoms with van der Waals surface area (Å²) in [5.74, 6) is 0.527. The van der Waals surface area contributed by atoms with Crippen LogP contribution < -0.4 is 20.3 Å². The molecule has 3 atom stereocenters. The fourth-order valence-electron chi connectivity index (χ4n) is 4.39. The first-order valence-corrected chi connectivity index (χ1v) is 9.13. The number of amides is 2. The zero-order valence-electron chi connectivity index (χ0n) is 14.9. The molecule has 0 spiro atoms. The molecule has 26 heavy (non-hydrogen) atoms. The van der Waals surface area contributed by atoms with Crippen molar-refractivity contribution in [1.29, 1.82) is 0 Å². The van der Waals surface area contributed by atoms with Crippen LogP contribution in [-0.2, 0) is 9.59 Å². The van der Waals surface area contributed by atoms with Crippen molar-refractivity contribution in [1.82, 2.24) is 10.6 Å². The van der Waals surface area contributed by atoms with E-state index in [2.05, 4.69) is 10.6 Å². The van der Waals surface area contributed by atoms with Gasteiger partial charge in [-0.25, -0.2) is 0 Å². The summed E-state index contributed by atoms with van der Waals surface area (Å²) in [6.45, 7) is 0.453. The van der Waals surface area contributed by atoms with Crippen LogP contribution in [0.2, 0.25) is 0 Å². The van der Waals surface area contributed by atoms with Gasteiger partial charge in [-0.1, -0.05) is 0 Å². The van der Waals surface area contributed by atoms with Gasteiger partial charge in [0, 0.05) is 36.8 Å². The molecule has 2 amide bonds. The Morgan fingerprint density at radius 2 is 1.85 bits per heavy atom. The molecule has 4 rings (SSSR count). The van der Waals surface area contributed by atoms with Crippen LogP contribution in [0.1, 0.15) is 32.1 Å². The van der Waals surface area contributed by atoms with Crippen molar-refractivity contribution in [3.63, 3.8) is 0 Å². The Bertz CT molecular complexity index is 654. The number of nitrogens with one attached hydrogen (secondary N) is 2. The van der Waals surface area contributed by atoms with Crippen LogP contribution in [0.3, 0.4) is 0 Å². The number of halogens is 1. The van der Waals surface area contributed by atoms with Crippen molar-refractivity contribution < 1.29 is 14.3 Å². The predicted molar refractivity (Wildman–Crippen MR) is 102 cm³/mol. The third kappa shape index (κ3) is 3.81. The highest BCUT2D eigenvalue weighted by Crippen LogP contribution is 2.29. The van der Waals surface area contributed by atoms with Crippen LogP contribution in [-0.4, -0.2) is 43.6 Å². The van der Waals surface area contributed by atoms with E-state index >= 15 is 0 Å². The number of ether oxygens (including phenoxy) is 1. The maximum absolute atomic E-state index is 12.6. The molecule has 3 saturated heterocycles. The van der Waals surface area contributed by atoms with Crippen LogP contribution in [0.15, 0.2) is 24.3 Å². The van der Waals surface area contributed by atoms with Gasteiger partial charge < -0.3 is 20.3 Å². The molecular weight excluding hydrogens is 354 g/mol. The zero-order chi connectivity index (χ0) is 17.4. The molecule has 2 N–H and O–H groups in total. The molecule has 3 aliphatic rings. The Hall–Kier alpha value is -1.79. The molecule has 3 heterocycles. The van der Waals surface area contributed by atoms with Gasteiger partial charge in [-0.15, -0.1) is 12.4 Å². The average Bonchev–Trinajstić information content (AvgIpc) is 3.17. The van der Waals surface area contributed by atoms with Gasteiger partial charge in [0.05, 0.1) is 13.0 Å². The van der Waals surface area contributed by atoms with Gasteiger partial charge in [0.1, 0.15) is 5.75 Å².